The normalized spacial score (nSPS) is 10.9. The fourth-order valence-electron chi connectivity index (χ4n) is 3.64. The summed E-state index contributed by atoms with van der Waals surface area (Å²) in [6.45, 7) is 2.29. The van der Waals surface area contributed by atoms with E-state index >= 15 is 0 Å². The molecule has 0 aliphatic heterocycles. The van der Waals surface area contributed by atoms with Crippen molar-refractivity contribution in [1.82, 2.24) is 0 Å². The first kappa shape index (κ1) is 21.5. The molecule has 1 heteroatoms. The predicted octanol–water partition coefficient (Wildman–Crippen LogP) is 7.88. The molecule has 2 aromatic rings. The van der Waals surface area contributed by atoms with E-state index in [-0.39, 0.29) is 0 Å². The van der Waals surface area contributed by atoms with Crippen molar-refractivity contribution in [2.45, 2.75) is 77.6 Å². The molecule has 1 nitrogen and oxygen atoms in total. The van der Waals surface area contributed by atoms with Crippen molar-refractivity contribution in [3.8, 4) is 11.1 Å². The summed E-state index contributed by atoms with van der Waals surface area (Å²) >= 11 is 0. The smallest absolute Gasteiger partial charge is 0.0367 e. The number of hydrogen-bond donors (Lipinski definition) is 0. The Hall–Kier alpha value is -1.76. The Morgan fingerprint density at radius 3 is 1.81 bits per heavy atom. The molecule has 0 aliphatic carbocycles. The maximum atomic E-state index is 2.31. The van der Waals surface area contributed by atoms with Crippen LogP contribution in [0.2, 0.25) is 0 Å². The number of unbranched alkanes of at least 4 members (excludes halogenated alkanes) is 9. The SMILES string of the molecule is CCCCCCCCCCCCc1ccc(-c2cccc(N(C)C)c2)cc1. The van der Waals surface area contributed by atoms with Gasteiger partial charge in [-0.2, -0.15) is 0 Å². The van der Waals surface area contributed by atoms with E-state index in [1.807, 2.05) is 0 Å². The Bertz CT molecular complexity index is 627. The Morgan fingerprint density at radius 1 is 0.630 bits per heavy atom. The fraction of sp³-hybridized carbons (Fsp3) is 0.538. The van der Waals surface area contributed by atoms with Gasteiger partial charge in [0.15, 0.2) is 0 Å². The van der Waals surface area contributed by atoms with Crippen molar-refractivity contribution in [3.63, 3.8) is 0 Å². The van der Waals surface area contributed by atoms with Gasteiger partial charge in [0.1, 0.15) is 0 Å². The van der Waals surface area contributed by atoms with Crippen LogP contribution in [-0.4, -0.2) is 14.1 Å². The highest BCUT2D eigenvalue weighted by atomic mass is 15.1. The highest BCUT2D eigenvalue weighted by Crippen LogP contribution is 2.24. The second-order valence-electron chi connectivity index (χ2n) is 8.07. The fourth-order valence-corrected chi connectivity index (χ4v) is 3.64. The van der Waals surface area contributed by atoms with Crippen LogP contribution < -0.4 is 4.90 Å². The molecule has 0 aliphatic rings. The molecular formula is C26H39N. The van der Waals surface area contributed by atoms with Crippen LogP contribution in [0.3, 0.4) is 0 Å². The van der Waals surface area contributed by atoms with E-state index < -0.39 is 0 Å². The maximum absolute atomic E-state index is 2.31. The van der Waals surface area contributed by atoms with Gasteiger partial charge in [0.05, 0.1) is 0 Å². The van der Waals surface area contributed by atoms with Gasteiger partial charge in [-0.3, -0.25) is 0 Å². The van der Waals surface area contributed by atoms with Gasteiger partial charge in [0.2, 0.25) is 0 Å². The molecule has 0 bridgehead atoms. The molecule has 0 saturated heterocycles. The van der Waals surface area contributed by atoms with Crippen molar-refractivity contribution < 1.29 is 0 Å². The lowest BCUT2D eigenvalue weighted by Crippen LogP contribution is -2.08. The number of aryl methyl sites for hydroxylation is 1. The molecule has 2 rings (SSSR count). The minimum Gasteiger partial charge on any atom is -0.378 e. The molecule has 0 heterocycles. The zero-order chi connectivity index (χ0) is 19.3. The number of benzene rings is 2. The second-order valence-corrected chi connectivity index (χ2v) is 8.07. The first-order valence-corrected chi connectivity index (χ1v) is 11.1. The molecule has 0 saturated carbocycles. The molecule has 2 aromatic carbocycles. The first-order valence-electron chi connectivity index (χ1n) is 11.1. The summed E-state index contributed by atoms with van der Waals surface area (Å²) in [4.78, 5) is 2.16. The Morgan fingerprint density at radius 2 is 1.22 bits per heavy atom. The highest BCUT2D eigenvalue weighted by molar-refractivity contribution is 5.68. The van der Waals surface area contributed by atoms with E-state index in [1.54, 1.807) is 0 Å². The van der Waals surface area contributed by atoms with E-state index in [2.05, 4.69) is 74.4 Å². The summed E-state index contributed by atoms with van der Waals surface area (Å²) < 4.78 is 0. The molecule has 0 amide bonds. The maximum Gasteiger partial charge on any atom is 0.0367 e. The van der Waals surface area contributed by atoms with Crippen LogP contribution in [0.25, 0.3) is 11.1 Å². The van der Waals surface area contributed by atoms with Crippen LogP contribution in [0, 0.1) is 0 Å². The average Bonchev–Trinajstić information content (AvgIpc) is 2.70. The van der Waals surface area contributed by atoms with Crippen LogP contribution in [0.4, 0.5) is 5.69 Å². The first-order chi connectivity index (χ1) is 13.2. The zero-order valence-corrected chi connectivity index (χ0v) is 17.8. The summed E-state index contributed by atoms with van der Waals surface area (Å²) in [5.41, 5.74) is 5.33. The van der Waals surface area contributed by atoms with Gasteiger partial charge in [-0.05, 0) is 41.7 Å². The highest BCUT2D eigenvalue weighted by Gasteiger charge is 2.01. The molecule has 148 valence electrons. The summed E-state index contributed by atoms with van der Waals surface area (Å²) in [5.74, 6) is 0. The lowest BCUT2D eigenvalue weighted by molar-refractivity contribution is 0.556. The lowest BCUT2D eigenvalue weighted by Gasteiger charge is -2.13. The second kappa shape index (κ2) is 12.6. The molecule has 0 atom stereocenters. The van der Waals surface area contributed by atoms with Gasteiger partial charge in [-0.25, -0.2) is 0 Å². The van der Waals surface area contributed by atoms with Crippen molar-refractivity contribution in [3.05, 3.63) is 54.1 Å². The molecular weight excluding hydrogens is 326 g/mol. The van der Waals surface area contributed by atoms with E-state index in [0.29, 0.717) is 0 Å². The molecule has 0 radical (unpaired) electrons. The Labute approximate surface area is 167 Å². The monoisotopic (exact) mass is 365 g/mol. The lowest BCUT2D eigenvalue weighted by atomic mass is 10.00. The zero-order valence-electron chi connectivity index (χ0n) is 17.8. The molecule has 27 heavy (non-hydrogen) atoms. The van der Waals surface area contributed by atoms with Crippen molar-refractivity contribution >= 4 is 5.69 Å². The third-order valence-corrected chi connectivity index (χ3v) is 5.47. The summed E-state index contributed by atoms with van der Waals surface area (Å²) in [7, 11) is 4.18. The molecule has 0 N–H and O–H groups in total. The Balaban J connectivity index is 1.65. The molecule has 0 aromatic heterocycles. The summed E-state index contributed by atoms with van der Waals surface area (Å²) in [6, 6.07) is 17.9. The standard InChI is InChI=1S/C26H39N/c1-4-5-6-7-8-9-10-11-12-13-15-23-18-20-24(21-19-23)25-16-14-17-26(22-25)27(2)3/h14,16-22H,4-13,15H2,1-3H3. The van der Waals surface area contributed by atoms with Gasteiger partial charge in [-0.1, -0.05) is 101 Å². The van der Waals surface area contributed by atoms with Gasteiger partial charge in [0.25, 0.3) is 0 Å². The number of nitrogens with zero attached hydrogens (tertiary/aromatic N) is 1. The van der Waals surface area contributed by atoms with Crippen molar-refractivity contribution in [1.29, 1.82) is 0 Å². The van der Waals surface area contributed by atoms with Crippen LogP contribution in [0.5, 0.6) is 0 Å². The largest absolute Gasteiger partial charge is 0.378 e. The quantitative estimate of drug-likeness (QED) is 0.326. The van der Waals surface area contributed by atoms with E-state index in [0.717, 1.165) is 0 Å². The van der Waals surface area contributed by atoms with Crippen LogP contribution in [0.15, 0.2) is 48.5 Å². The minimum absolute atomic E-state index is 1.22. The third kappa shape index (κ3) is 8.20. The van der Waals surface area contributed by atoms with E-state index in [1.165, 1.54) is 93.0 Å². The molecule has 0 unspecified atom stereocenters. The predicted molar refractivity (Wildman–Crippen MR) is 122 cm³/mol. The number of rotatable bonds is 13. The van der Waals surface area contributed by atoms with Crippen molar-refractivity contribution in [2.75, 3.05) is 19.0 Å². The van der Waals surface area contributed by atoms with Crippen LogP contribution in [-0.2, 0) is 6.42 Å². The van der Waals surface area contributed by atoms with Gasteiger partial charge >= 0.3 is 0 Å². The molecule has 0 fully saturated rings. The number of hydrogen-bond acceptors (Lipinski definition) is 1. The molecule has 0 spiro atoms. The summed E-state index contributed by atoms with van der Waals surface area (Å²) in [5, 5.41) is 0. The van der Waals surface area contributed by atoms with Crippen LogP contribution in [0.1, 0.15) is 76.7 Å². The van der Waals surface area contributed by atoms with E-state index in [4.69, 9.17) is 0 Å². The third-order valence-electron chi connectivity index (χ3n) is 5.47. The number of anilines is 1. The van der Waals surface area contributed by atoms with Gasteiger partial charge < -0.3 is 4.90 Å². The topological polar surface area (TPSA) is 3.24 Å². The minimum atomic E-state index is 1.22. The Kier molecular flexibility index (Phi) is 10.0. The van der Waals surface area contributed by atoms with Gasteiger partial charge in [-0.15, -0.1) is 0 Å². The van der Waals surface area contributed by atoms with Crippen LogP contribution >= 0.6 is 0 Å². The van der Waals surface area contributed by atoms with Gasteiger partial charge in [0, 0.05) is 19.8 Å². The average molecular weight is 366 g/mol. The summed E-state index contributed by atoms with van der Waals surface area (Å²) in [6.07, 6.45) is 15.3. The van der Waals surface area contributed by atoms with Crippen molar-refractivity contribution in [2.24, 2.45) is 0 Å². The van der Waals surface area contributed by atoms with E-state index in [9.17, 15) is 0 Å².